The molecule has 4 rings (SSSR count). The van der Waals surface area contributed by atoms with E-state index < -0.39 is 6.04 Å². The lowest BCUT2D eigenvalue weighted by Gasteiger charge is -2.27. The third kappa shape index (κ3) is 5.61. The number of amides is 2. The number of benzene rings is 2. The summed E-state index contributed by atoms with van der Waals surface area (Å²) in [6.45, 7) is 0.641. The van der Waals surface area contributed by atoms with Gasteiger partial charge in [-0.1, -0.05) is 66.7 Å². The van der Waals surface area contributed by atoms with Crippen molar-refractivity contribution in [1.29, 1.82) is 0 Å². The third-order valence-electron chi connectivity index (χ3n) is 6.00. The molecule has 32 heavy (non-hydrogen) atoms. The van der Waals surface area contributed by atoms with Crippen LogP contribution in [0, 0.1) is 0 Å². The van der Waals surface area contributed by atoms with E-state index in [9.17, 15) is 9.59 Å². The van der Waals surface area contributed by atoms with Crippen molar-refractivity contribution in [2.75, 3.05) is 6.54 Å². The van der Waals surface area contributed by atoms with Gasteiger partial charge in [0.25, 0.3) is 0 Å². The van der Waals surface area contributed by atoms with Crippen molar-refractivity contribution >= 4 is 11.8 Å². The van der Waals surface area contributed by atoms with Crippen LogP contribution in [0.25, 0.3) is 0 Å². The van der Waals surface area contributed by atoms with Gasteiger partial charge in [-0.15, -0.1) is 0 Å². The molecule has 1 N–H and O–H groups in total. The monoisotopic (exact) mass is 427 g/mol. The molecule has 0 saturated carbocycles. The minimum atomic E-state index is -0.409. The van der Waals surface area contributed by atoms with E-state index in [-0.39, 0.29) is 17.9 Å². The summed E-state index contributed by atoms with van der Waals surface area (Å²) in [4.78, 5) is 32.4. The fourth-order valence-corrected chi connectivity index (χ4v) is 4.31. The second kappa shape index (κ2) is 10.7. The van der Waals surface area contributed by atoms with Crippen LogP contribution in [-0.4, -0.2) is 34.3 Å². The first-order valence-electron chi connectivity index (χ1n) is 11.3. The summed E-state index contributed by atoms with van der Waals surface area (Å²) >= 11 is 0. The SMILES string of the molecule is O=C(N[C@@H](Cc1ccccn1)c1ccccc1)[C@@H]1CCCN1C(=O)CCc1ccccc1. The van der Waals surface area contributed by atoms with Gasteiger partial charge < -0.3 is 10.2 Å². The number of nitrogens with one attached hydrogen (secondary N) is 1. The number of hydrogen-bond donors (Lipinski definition) is 1. The highest BCUT2D eigenvalue weighted by Crippen LogP contribution is 2.22. The molecule has 164 valence electrons. The van der Waals surface area contributed by atoms with Crippen molar-refractivity contribution in [3.05, 3.63) is 102 Å². The van der Waals surface area contributed by atoms with Gasteiger partial charge in [-0.25, -0.2) is 0 Å². The van der Waals surface area contributed by atoms with Crippen LogP contribution in [0.1, 0.15) is 42.1 Å². The molecule has 1 aliphatic rings. The first-order valence-corrected chi connectivity index (χ1v) is 11.3. The largest absolute Gasteiger partial charge is 0.347 e. The minimum absolute atomic E-state index is 0.0486. The molecule has 1 aromatic heterocycles. The molecule has 2 aromatic carbocycles. The minimum Gasteiger partial charge on any atom is -0.347 e. The molecule has 1 saturated heterocycles. The van der Waals surface area contributed by atoms with E-state index in [2.05, 4.69) is 10.3 Å². The number of nitrogens with zero attached hydrogens (tertiary/aromatic N) is 2. The van der Waals surface area contributed by atoms with Gasteiger partial charge in [0.15, 0.2) is 0 Å². The molecule has 2 heterocycles. The molecule has 0 spiro atoms. The summed E-state index contributed by atoms with van der Waals surface area (Å²) in [5.41, 5.74) is 3.09. The van der Waals surface area contributed by atoms with Crippen LogP contribution in [0.4, 0.5) is 0 Å². The third-order valence-corrected chi connectivity index (χ3v) is 6.00. The van der Waals surface area contributed by atoms with Crippen LogP contribution >= 0.6 is 0 Å². The predicted molar refractivity (Wildman–Crippen MR) is 125 cm³/mol. The Morgan fingerprint density at radius 3 is 2.41 bits per heavy atom. The van der Waals surface area contributed by atoms with Crippen LogP contribution in [0.15, 0.2) is 85.1 Å². The van der Waals surface area contributed by atoms with Crippen LogP contribution in [-0.2, 0) is 22.4 Å². The van der Waals surface area contributed by atoms with Crippen molar-refractivity contribution in [3.8, 4) is 0 Å². The number of aromatic nitrogens is 1. The van der Waals surface area contributed by atoms with Gasteiger partial charge in [0.2, 0.25) is 11.8 Å². The van der Waals surface area contributed by atoms with Gasteiger partial charge in [0.05, 0.1) is 6.04 Å². The molecule has 0 radical (unpaired) electrons. The molecule has 0 bridgehead atoms. The Balaban J connectivity index is 1.43. The van der Waals surface area contributed by atoms with E-state index in [1.54, 1.807) is 11.1 Å². The molecule has 1 aliphatic heterocycles. The highest BCUT2D eigenvalue weighted by molar-refractivity contribution is 5.88. The second-order valence-corrected chi connectivity index (χ2v) is 8.23. The number of rotatable bonds is 8. The topological polar surface area (TPSA) is 62.3 Å². The van der Waals surface area contributed by atoms with E-state index in [1.807, 2.05) is 78.9 Å². The quantitative estimate of drug-likeness (QED) is 0.589. The standard InChI is InChI=1S/C27H29N3O2/c31-26(17-16-21-10-3-1-4-11-21)30-19-9-15-25(30)27(32)29-24(22-12-5-2-6-13-22)20-23-14-7-8-18-28-23/h1-8,10-14,18,24-25H,9,15-17,19-20H2,(H,29,32)/t24-,25-/m0/s1. The smallest absolute Gasteiger partial charge is 0.243 e. The lowest BCUT2D eigenvalue weighted by molar-refractivity contribution is -0.138. The van der Waals surface area contributed by atoms with E-state index in [4.69, 9.17) is 0 Å². The summed E-state index contributed by atoms with van der Waals surface area (Å²) in [5, 5.41) is 3.21. The van der Waals surface area contributed by atoms with Crippen LogP contribution in [0.3, 0.4) is 0 Å². The van der Waals surface area contributed by atoms with Crippen molar-refractivity contribution in [1.82, 2.24) is 15.2 Å². The van der Waals surface area contributed by atoms with Crippen molar-refractivity contribution in [2.45, 2.75) is 44.2 Å². The van der Waals surface area contributed by atoms with E-state index in [1.165, 1.54) is 0 Å². The van der Waals surface area contributed by atoms with E-state index in [0.29, 0.717) is 32.2 Å². The zero-order valence-corrected chi connectivity index (χ0v) is 18.2. The number of hydrogen-bond acceptors (Lipinski definition) is 3. The van der Waals surface area contributed by atoms with E-state index in [0.717, 1.165) is 23.2 Å². The first kappa shape index (κ1) is 21.8. The zero-order chi connectivity index (χ0) is 22.2. The van der Waals surface area contributed by atoms with Gasteiger partial charge in [-0.3, -0.25) is 14.6 Å². The van der Waals surface area contributed by atoms with Gasteiger partial charge in [0.1, 0.15) is 6.04 Å². The van der Waals surface area contributed by atoms with Gasteiger partial charge in [-0.05, 0) is 42.5 Å². The van der Waals surface area contributed by atoms with Crippen molar-refractivity contribution in [2.24, 2.45) is 0 Å². The average molecular weight is 428 g/mol. The van der Waals surface area contributed by atoms with Crippen molar-refractivity contribution < 1.29 is 9.59 Å². The number of likely N-dealkylation sites (tertiary alicyclic amines) is 1. The average Bonchev–Trinajstić information content (AvgIpc) is 3.34. The van der Waals surface area contributed by atoms with Crippen LogP contribution in [0.5, 0.6) is 0 Å². The molecule has 0 aliphatic carbocycles. The molecule has 1 fully saturated rings. The molecular weight excluding hydrogens is 398 g/mol. The highest BCUT2D eigenvalue weighted by Gasteiger charge is 2.34. The summed E-state index contributed by atoms with van der Waals surface area (Å²) in [6, 6.07) is 25.2. The second-order valence-electron chi connectivity index (χ2n) is 8.23. The van der Waals surface area contributed by atoms with Gasteiger partial charge in [0, 0.05) is 31.3 Å². The van der Waals surface area contributed by atoms with Crippen molar-refractivity contribution in [3.63, 3.8) is 0 Å². The molecule has 0 unspecified atom stereocenters. The Morgan fingerprint density at radius 2 is 1.69 bits per heavy atom. The maximum absolute atomic E-state index is 13.3. The zero-order valence-electron chi connectivity index (χ0n) is 18.2. The van der Waals surface area contributed by atoms with E-state index >= 15 is 0 Å². The molecule has 2 atom stereocenters. The fraction of sp³-hybridized carbons (Fsp3) is 0.296. The lowest BCUT2D eigenvalue weighted by Crippen LogP contribution is -2.47. The molecular formula is C27H29N3O2. The Labute approximate surface area is 189 Å². The summed E-state index contributed by atoms with van der Waals surface area (Å²) in [6.07, 6.45) is 5.04. The molecule has 5 heteroatoms. The Morgan fingerprint density at radius 1 is 0.969 bits per heavy atom. The fourth-order valence-electron chi connectivity index (χ4n) is 4.31. The predicted octanol–water partition coefficient (Wildman–Crippen LogP) is 4.11. The maximum atomic E-state index is 13.3. The molecule has 2 amide bonds. The van der Waals surface area contributed by atoms with Crippen LogP contribution < -0.4 is 5.32 Å². The Bertz CT molecular complexity index is 1010. The van der Waals surface area contributed by atoms with Gasteiger partial charge >= 0.3 is 0 Å². The Kier molecular flexibility index (Phi) is 7.28. The Hall–Kier alpha value is -3.47. The molecule has 5 nitrogen and oxygen atoms in total. The van der Waals surface area contributed by atoms with Crippen LogP contribution in [0.2, 0.25) is 0 Å². The summed E-state index contributed by atoms with van der Waals surface area (Å²) in [5.74, 6) is -0.0344. The maximum Gasteiger partial charge on any atom is 0.243 e. The highest BCUT2D eigenvalue weighted by atomic mass is 16.2. The summed E-state index contributed by atoms with van der Waals surface area (Å²) < 4.78 is 0. The van der Waals surface area contributed by atoms with Gasteiger partial charge in [-0.2, -0.15) is 0 Å². The molecule has 3 aromatic rings. The number of pyridine rings is 1. The normalized spacial score (nSPS) is 16.5. The number of carbonyl (C=O) groups is 2. The number of carbonyl (C=O) groups excluding carboxylic acids is 2. The summed E-state index contributed by atoms with van der Waals surface area (Å²) in [7, 11) is 0. The number of aryl methyl sites for hydroxylation is 1. The lowest BCUT2D eigenvalue weighted by atomic mass is 10.0. The first-order chi connectivity index (χ1) is 15.7.